The van der Waals surface area contributed by atoms with Gasteiger partial charge in [0.05, 0.1) is 10.7 Å². The Bertz CT molecular complexity index is 631. The third-order valence-corrected chi connectivity index (χ3v) is 3.47. The first-order chi connectivity index (χ1) is 9.95. The van der Waals surface area contributed by atoms with Gasteiger partial charge < -0.3 is 16.0 Å². The van der Waals surface area contributed by atoms with Crippen molar-refractivity contribution >= 4 is 40.7 Å². The first-order valence-corrected chi connectivity index (χ1v) is 7.19. The van der Waals surface area contributed by atoms with Gasteiger partial charge in [-0.2, -0.15) is 4.98 Å². The Kier molecular flexibility index (Phi) is 5.22. The summed E-state index contributed by atoms with van der Waals surface area (Å²) >= 11 is 12.0. The first-order valence-electron chi connectivity index (χ1n) is 6.44. The molecule has 0 saturated carbocycles. The lowest BCUT2D eigenvalue weighted by atomic mass is 10.2. The van der Waals surface area contributed by atoms with Crippen LogP contribution in [-0.4, -0.2) is 35.5 Å². The van der Waals surface area contributed by atoms with Crippen LogP contribution in [0.25, 0.3) is 0 Å². The van der Waals surface area contributed by atoms with E-state index in [-0.39, 0.29) is 0 Å². The van der Waals surface area contributed by atoms with Crippen molar-refractivity contribution in [1.29, 1.82) is 0 Å². The van der Waals surface area contributed by atoms with Gasteiger partial charge in [-0.15, -0.1) is 0 Å². The molecule has 2 aromatic rings. The van der Waals surface area contributed by atoms with Crippen LogP contribution in [0.5, 0.6) is 0 Å². The molecular formula is C14H17Cl2N5. The van der Waals surface area contributed by atoms with E-state index >= 15 is 0 Å². The van der Waals surface area contributed by atoms with Crippen LogP contribution in [0.4, 0.5) is 17.5 Å². The van der Waals surface area contributed by atoms with Crippen molar-refractivity contribution in [2.75, 3.05) is 31.7 Å². The van der Waals surface area contributed by atoms with Crippen molar-refractivity contribution in [3.8, 4) is 0 Å². The molecule has 1 heterocycles. The van der Waals surface area contributed by atoms with Crippen LogP contribution in [-0.2, 0) is 6.42 Å². The summed E-state index contributed by atoms with van der Waals surface area (Å²) in [7, 11) is 4.02. The number of hydrogen-bond donors (Lipinski definition) is 2. The van der Waals surface area contributed by atoms with Crippen LogP contribution in [0, 0.1) is 0 Å². The minimum atomic E-state index is 0.394. The number of anilines is 3. The van der Waals surface area contributed by atoms with Gasteiger partial charge in [0.2, 0.25) is 5.95 Å². The van der Waals surface area contributed by atoms with Gasteiger partial charge in [-0.3, -0.25) is 0 Å². The van der Waals surface area contributed by atoms with Gasteiger partial charge in [0.15, 0.2) is 0 Å². The molecule has 0 fully saturated rings. The zero-order valence-electron chi connectivity index (χ0n) is 11.9. The molecule has 0 unspecified atom stereocenters. The minimum absolute atomic E-state index is 0.394. The van der Waals surface area contributed by atoms with Crippen LogP contribution in [0.2, 0.25) is 10.0 Å². The number of nitrogens with one attached hydrogen (secondary N) is 1. The molecule has 1 aromatic heterocycles. The van der Waals surface area contributed by atoms with Crippen LogP contribution in [0.15, 0.2) is 24.4 Å². The Morgan fingerprint density at radius 1 is 1.29 bits per heavy atom. The highest BCUT2D eigenvalue weighted by Gasteiger charge is 2.07. The smallest absolute Gasteiger partial charge is 0.229 e. The van der Waals surface area contributed by atoms with E-state index in [2.05, 4.69) is 20.2 Å². The second-order valence-electron chi connectivity index (χ2n) is 4.91. The number of likely N-dealkylation sites (N-methyl/N-ethyl adjacent to an activating group) is 1. The number of aromatic nitrogens is 2. The fourth-order valence-electron chi connectivity index (χ4n) is 1.73. The highest BCUT2D eigenvalue weighted by Crippen LogP contribution is 2.27. The predicted octanol–water partition coefficient (Wildman–Crippen LogP) is 3.21. The molecule has 0 aliphatic carbocycles. The Balaban J connectivity index is 2.14. The lowest BCUT2D eigenvalue weighted by Crippen LogP contribution is -2.16. The van der Waals surface area contributed by atoms with Crippen molar-refractivity contribution < 1.29 is 0 Å². The van der Waals surface area contributed by atoms with Crippen LogP contribution >= 0.6 is 23.2 Å². The average molecular weight is 326 g/mol. The maximum atomic E-state index is 6.09. The molecule has 21 heavy (non-hydrogen) atoms. The molecule has 0 radical (unpaired) electrons. The monoisotopic (exact) mass is 325 g/mol. The molecule has 5 nitrogen and oxygen atoms in total. The molecule has 0 bridgehead atoms. The number of benzene rings is 1. The number of nitrogen functional groups attached to an aromatic ring is 1. The predicted molar refractivity (Wildman–Crippen MR) is 88.4 cm³/mol. The van der Waals surface area contributed by atoms with Crippen molar-refractivity contribution in [2.45, 2.75) is 6.42 Å². The van der Waals surface area contributed by atoms with E-state index < -0.39 is 0 Å². The van der Waals surface area contributed by atoms with E-state index in [9.17, 15) is 0 Å². The molecule has 0 saturated heterocycles. The molecule has 0 amide bonds. The molecule has 3 N–H and O–H groups in total. The van der Waals surface area contributed by atoms with Crippen LogP contribution in [0.3, 0.4) is 0 Å². The van der Waals surface area contributed by atoms with Gasteiger partial charge in [0.1, 0.15) is 5.82 Å². The number of nitrogens with zero attached hydrogens (tertiary/aromatic N) is 3. The lowest BCUT2D eigenvalue weighted by molar-refractivity contribution is 0.413. The second-order valence-corrected chi connectivity index (χ2v) is 5.75. The average Bonchev–Trinajstić information content (AvgIpc) is 2.42. The summed E-state index contributed by atoms with van der Waals surface area (Å²) in [5.41, 5.74) is 7.53. The summed E-state index contributed by atoms with van der Waals surface area (Å²) in [6.45, 7) is 0.889. The second kappa shape index (κ2) is 6.93. The van der Waals surface area contributed by atoms with Crippen LogP contribution in [0.1, 0.15) is 5.56 Å². The largest absolute Gasteiger partial charge is 0.383 e. The molecule has 0 spiro atoms. The first kappa shape index (κ1) is 15.8. The van der Waals surface area contributed by atoms with E-state index in [1.807, 2.05) is 14.1 Å². The van der Waals surface area contributed by atoms with Crippen molar-refractivity contribution in [3.63, 3.8) is 0 Å². The van der Waals surface area contributed by atoms with Crippen molar-refractivity contribution in [2.24, 2.45) is 0 Å². The quantitative estimate of drug-likeness (QED) is 0.883. The third kappa shape index (κ3) is 4.46. The Hall–Kier alpha value is -1.56. The molecule has 112 valence electrons. The summed E-state index contributed by atoms with van der Waals surface area (Å²) in [6.07, 6.45) is 2.53. The maximum absolute atomic E-state index is 6.09. The highest BCUT2D eigenvalue weighted by atomic mass is 35.5. The van der Waals surface area contributed by atoms with Gasteiger partial charge in [0, 0.05) is 23.3 Å². The number of rotatable bonds is 5. The van der Waals surface area contributed by atoms with Gasteiger partial charge >= 0.3 is 0 Å². The van der Waals surface area contributed by atoms with Gasteiger partial charge in [-0.05, 0) is 38.7 Å². The van der Waals surface area contributed by atoms with E-state index in [4.69, 9.17) is 28.9 Å². The Morgan fingerprint density at radius 2 is 2.05 bits per heavy atom. The molecule has 7 heteroatoms. The van der Waals surface area contributed by atoms with Crippen LogP contribution < -0.4 is 11.1 Å². The molecule has 2 rings (SSSR count). The number of hydrogen-bond acceptors (Lipinski definition) is 5. The van der Waals surface area contributed by atoms with Gasteiger partial charge in [-0.25, -0.2) is 4.98 Å². The topological polar surface area (TPSA) is 67.1 Å². The van der Waals surface area contributed by atoms with E-state index in [0.717, 1.165) is 18.5 Å². The summed E-state index contributed by atoms with van der Waals surface area (Å²) in [4.78, 5) is 10.6. The minimum Gasteiger partial charge on any atom is -0.383 e. The summed E-state index contributed by atoms with van der Waals surface area (Å²) in [5, 5.41) is 4.14. The molecular weight excluding hydrogens is 309 g/mol. The summed E-state index contributed by atoms with van der Waals surface area (Å²) < 4.78 is 0. The Labute approximate surface area is 134 Å². The molecule has 1 aromatic carbocycles. The zero-order chi connectivity index (χ0) is 15.4. The number of halogens is 2. The fraction of sp³-hybridized carbons (Fsp3) is 0.286. The van der Waals surface area contributed by atoms with Crippen molar-refractivity contribution in [3.05, 3.63) is 40.0 Å². The standard InChI is InChI=1S/C14H17Cl2N5/c1-21(2)6-5-9-8-18-14(20-13(9)17)19-12-7-10(15)3-4-11(12)16/h3-4,7-8H,5-6H2,1-2H3,(H3,17,18,19,20). The lowest BCUT2D eigenvalue weighted by Gasteiger charge is -2.12. The summed E-state index contributed by atoms with van der Waals surface area (Å²) in [5.74, 6) is 0.859. The van der Waals surface area contributed by atoms with E-state index in [1.165, 1.54) is 0 Å². The molecule has 0 aliphatic heterocycles. The van der Waals surface area contributed by atoms with Gasteiger partial charge in [-0.1, -0.05) is 23.2 Å². The van der Waals surface area contributed by atoms with E-state index in [1.54, 1.807) is 24.4 Å². The molecule has 0 aliphatic rings. The zero-order valence-corrected chi connectivity index (χ0v) is 13.4. The Morgan fingerprint density at radius 3 is 2.71 bits per heavy atom. The fourth-order valence-corrected chi connectivity index (χ4v) is 2.07. The maximum Gasteiger partial charge on any atom is 0.229 e. The third-order valence-electron chi connectivity index (χ3n) is 2.90. The normalized spacial score (nSPS) is 10.9. The highest BCUT2D eigenvalue weighted by molar-refractivity contribution is 6.35. The van der Waals surface area contributed by atoms with E-state index in [0.29, 0.717) is 27.5 Å². The molecule has 0 atom stereocenters. The summed E-state index contributed by atoms with van der Waals surface area (Å²) in [6, 6.07) is 5.14. The van der Waals surface area contributed by atoms with Gasteiger partial charge in [0.25, 0.3) is 0 Å². The number of nitrogens with two attached hydrogens (primary N) is 1. The SMILES string of the molecule is CN(C)CCc1cnc(Nc2cc(Cl)ccc2Cl)nc1N. The van der Waals surface area contributed by atoms with Crippen molar-refractivity contribution in [1.82, 2.24) is 14.9 Å².